The fraction of sp³-hybridized carbons (Fsp3) is 0.368. The van der Waals surface area contributed by atoms with Gasteiger partial charge in [0, 0.05) is 11.5 Å². The zero-order chi connectivity index (χ0) is 19.5. The van der Waals surface area contributed by atoms with Crippen LogP contribution >= 0.6 is 11.3 Å². The van der Waals surface area contributed by atoms with E-state index < -0.39 is 5.41 Å². The van der Waals surface area contributed by atoms with Crippen LogP contribution in [0.5, 0.6) is 17.2 Å². The molecule has 0 aliphatic heterocycles. The topological polar surface area (TPSA) is 77.6 Å². The average molecular weight is 377 g/mol. The van der Waals surface area contributed by atoms with Gasteiger partial charge in [-0.15, -0.1) is 11.3 Å². The maximum atomic E-state index is 12.2. The maximum Gasteiger partial charge on any atom is 0.266 e. The number of H-pyrrole nitrogens is 1. The Kier molecular flexibility index (Phi) is 5.92. The molecule has 1 N–H and O–H groups in total. The number of methoxy groups -OCH3 is 3. The highest BCUT2D eigenvalue weighted by Gasteiger charge is 2.18. The van der Waals surface area contributed by atoms with Crippen molar-refractivity contribution >= 4 is 29.3 Å². The van der Waals surface area contributed by atoms with Gasteiger partial charge < -0.3 is 19.2 Å². The summed E-state index contributed by atoms with van der Waals surface area (Å²) in [4.78, 5) is 27.1. The monoisotopic (exact) mass is 377 g/mol. The molecule has 7 heteroatoms. The second kappa shape index (κ2) is 7.78. The zero-order valence-corrected chi connectivity index (χ0v) is 16.6. The molecule has 1 aromatic carbocycles. The molecule has 0 amide bonds. The highest BCUT2D eigenvalue weighted by Crippen LogP contribution is 2.38. The van der Waals surface area contributed by atoms with E-state index in [4.69, 9.17) is 14.2 Å². The third kappa shape index (κ3) is 4.35. The van der Waals surface area contributed by atoms with E-state index in [1.165, 1.54) is 38.7 Å². The molecule has 0 spiro atoms. The Morgan fingerprint density at radius 3 is 2.12 bits per heavy atom. The molecule has 1 aromatic heterocycles. The predicted molar refractivity (Wildman–Crippen MR) is 103 cm³/mol. The van der Waals surface area contributed by atoms with Crippen LogP contribution in [0, 0.1) is 5.41 Å². The Morgan fingerprint density at radius 1 is 1.08 bits per heavy atom. The molecule has 0 atom stereocenters. The third-order valence-corrected chi connectivity index (χ3v) is 4.63. The summed E-state index contributed by atoms with van der Waals surface area (Å²) < 4.78 is 16.9. The van der Waals surface area contributed by atoms with Crippen LogP contribution in [-0.4, -0.2) is 32.1 Å². The van der Waals surface area contributed by atoms with Crippen LogP contribution in [0.1, 0.15) is 26.3 Å². The molecule has 26 heavy (non-hydrogen) atoms. The van der Waals surface area contributed by atoms with Crippen LogP contribution < -0.4 is 29.0 Å². The quantitative estimate of drug-likeness (QED) is 0.858. The summed E-state index contributed by atoms with van der Waals surface area (Å²) in [5.41, 5.74) is -0.0289. The van der Waals surface area contributed by atoms with E-state index in [9.17, 15) is 9.59 Å². The molecule has 0 radical (unpaired) electrons. The van der Waals surface area contributed by atoms with Crippen LogP contribution in [0.25, 0.3) is 12.2 Å². The minimum absolute atomic E-state index is 0.0469. The molecule has 0 saturated heterocycles. The maximum absolute atomic E-state index is 12.2. The van der Waals surface area contributed by atoms with Crippen molar-refractivity contribution in [2.75, 3.05) is 21.3 Å². The lowest BCUT2D eigenvalue weighted by atomic mass is 9.91. The minimum Gasteiger partial charge on any atom is -0.493 e. The number of thiazole rings is 1. The van der Waals surface area contributed by atoms with Gasteiger partial charge in [-0.05, 0) is 23.8 Å². The number of hydrogen-bond donors (Lipinski definition) is 1. The van der Waals surface area contributed by atoms with Gasteiger partial charge in [-0.1, -0.05) is 20.8 Å². The Hall–Kier alpha value is -2.54. The molecule has 0 unspecified atom stereocenters. The highest BCUT2D eigenvalue weighted by molar-refractivity contribution is 7.07. The molecule has 0 bridgehead atoms. The molecule has 0 saturated carbocycles. The smallest absolute Gasteiger partial charge is 0.266 e. The van der Waals surface area contributed by atoms with Gasteiger partial charge in [-0.3, -0.25) is 9.59 Å². The van der Waals surface area contributed by atoms with Gasteiger partial charge in [0.1, 0.15) is 0 Å². The molecule has 0 fully saturated rings. The molecule has 0 aliphatic rings. The summed E-state index contributed by atoms with van der Waals surface area (Å²) in [6.45, 7) is 5.50. The van der Waals surface area contributed by atoms with Crippen molar-refractivity contribution in [3.05, 3.63) is 37.2 Å². The molecular weight excluding hydrogens is 354 g/mol. The van der Waals surface area contributed by atoms with Gasteiger partial charge in [0.25, 0.3) is 5.56 Å². The van der Waals surface area contributed by atoms with Crippen molar-refractivity contribution in [2.45, 2.75) is 20.8 Å². The summed E-state index contributed by atoms with van der Waals surface area (Å²) in [6, 6.07) is 3.51. The van der Waals surface area contributed by atoms with Gasteiger partial charge >= 0.3 is 0 Å². The third-order valence-electron chi connectivity index (χ3n) is 3.67. The number of Topliss-reactive ketones (excluding diaryl/α,β-unsaturated/α-hetero) is 1. The van der Waals surface area contributed by atoms with Gasteiger partial charge in [0.05, 0.1) is 30.5 Å². The van der Waals surface area contributed by atoms with E-state index in [1.54, 1.807) is 18.2 Å². The summed E-state index contributed by atoms with van der Waals surface area (Å²) in [5.74, 6) is 1.44. The minimum atomic E-state index is -0.499. The number of aromatic nitrogens is 1. The standard InChI is InChI=1S/C19H23NO5S/c1-19(2,3)15(21)10-16-20-18(22)14(26-16)9-11-7-12(23-4)17(25-6)13(8-11)24-5/h7-10H,1-6H3,(H,20,22). The normalized spacial score (nSPS) is 13.0. The van der Waals surface area contributed by atoms with Gasteiger partial charge in [0.15, 0.2) is 17.3 Å². The van der Waals surface area contributed by atoms with E-state index in [1.807, 2.05) is 20.8 Å². The molecule has 1 heterocycles. The fourth-order valence-electron chi connectivity index (χ4n) is 2.20. The zero-order valence-electron chi connectivity index (χ0n) is 15.8. The first-order valence-electron chi connectivity index (χ1n) is 7.96. The Morgan fingerprint density at radius 2 is 1.65 bits per heavy atom. The van der Waals surface area contributed by atoms with E-state index >= 15 is 0 Å². The van der Waals surface area contributed by atoms with Crippen LogP contribution in [0.4, 0.5) is 0 Å². The number of carbonyl (C=O) groups excluding carboxylic acids is 1. The SMILES string of the molecule is COc1cc(C=c2sc(=CC(=O)C(C)(C)C)[nH]c2=O)cc(OC)c1OC. The van der Waals surface area contributed by atoms with Crippen LogP contribution in [-0.2, 0) is 4.79 Å². The van der Waals surface area contributed by atoms with Gasteiger partial charge in [0.2, 0.25) is 5.75 Å². The van der Waals surface area contributed by atoms with E-state index in [2.05, 4.69) is 4.98 Å². The molecular formula is C19H23NO5S. The lowest BCUT2D eigenvalue weighted by Crippen LogP contribution is -2.22. The lowest BCUT2D eigenvalue weighted by Gasteiger charge is -2.12. The van der Waals surface area contributed by atoms with Gasteiger partial charge in [-0.2, -0.15) is 0 Å². The number of hydrogen-bond acceptors (Lipinski definition) is 6. The highest BCUT2D eigenvalue weighted by atomic mass is 32.1. The molecule has 6 nitrogen and oxygen atoms in total. The Balaban J connectivity index is 2.57. The fourth-order valence-corrected chi connectivity index (χ4v) is 3.08. The second-order valence-corrected chi connectivity index (χ2v) is 7.73. The van der Waals surface area contributed by atoms with E-state index in [-0.39, 0.29) is 11.3 Å². The Bertz CT molecular complexity index is 954. The number of carbonyl (C=O) groups is 1. The van der Waals surface area contributed by atoms with Crippen molar-refractivity contribution in [1.82, 2.24) is 4.98 Å². The first kappa shape index (κ1) is 19.8. The lowest BCUT2D eigenvalue weighted by molar-refractivity contribution is -0.119. The van der Waals surface area contributed by atoms with Crippen molar-refractivity contribution in [3.63, 3.8) is 0 Å². The Labute approximate surface area is 155 Å². The number of rotatable bonds is 5. The predicted octanol–water partition coefficient (Wildman–Crippen LogP) is 1.69. The number of ketones is 1. The number of nitrogens with one attached hydrogen (secondary N) is 1. The summed E-state index contributed by atoms with van der Waals surface area (Å²) >= 11 is 1.22. The van der Waals surface area contributed by atoms with E-state index in [0.717, 1.165) is 5.56 Å². The molecule has 0 aliphatic carbocycles. The van der Waals surface area contributed by atoms with Gasteiger partial charge in [-0.25, -0.2) is 0 Å². The number of ether oxygens (including phenoxy) is 3. The van der Waals surface area contributed by atoms with Crippen molar-refractivity contribution < 1.29 is 19.0 Å². The van der Waals surface area contributed by atoms with Crippen molar-refractivity contribution in [2.24, 2.45) is 5.41 Å². The summed E-state index contributed by atoms with van der Waals surface area (Å²) in [6.07, 6.45) is 3.19. The van der Waals surface area contributed by atoms with Crippen molar-refractivity contribution in [3.8, 4) is 17.2 Å². The first-order chi connectivity index (χ1) is 12.2. The second-order valence-electron chi connectivity index (χ2n) is 6.65. The molecule has 2 aromatic rings. The molecule has 2 rings (SSSR count). The average Bonchev–Trinajstić information content (AvgIpc) is 2.92. The molecule has 140 valence electrons. The van der Waals surface area contributed by atoms with Crippen LogP contribution in [0.15, 0.2) is 16.9 Å². The summed E-state index contributed by atoms with van der Waals surface area (Å²) in [7, 11) is 4.59. The number of aromatic amines is 1. The van der Waals surface area contributed by atoms with Crippen LogP contribution in [0.2, 0.25) is 0 Å². The van der Waals surface area contributed by atoms with E-state index in [0.29, 0.717) is 26.4 Å². The van der Waals surface area contributed by atoms with Crippen LogP contribution in [0.3, 0.4) is 0 Å². The van der Waals surface area contributed by atoms with Crippen molar-refractivity contribution in [1.29, 1.82) is 0 Å². The largest absolute Gasteiger partial charge is 0.493 e. The summed E-state index contributed by atoms with van der Waals surface area (Å²) in [5, 5.41) is 0. The number of benzene rings is 1. The first-order valence-corrected chi connectivity index (χ1v) is 8.78.